The molecule has 1 aliphatic heterocycles. The lowest BCUT2D eigenvalue weighted by molar-refractivity contribution is -0.0312. The van der Waals surface area contributed by atoms with Gasteiger partial charge in [-0.15, -0.1) is 0 Å². The van der Waals surface area contributed by atoms with Gasteiger partial charge >= 0.3 is 0 Å². The first kappa shape index (κ1) is 20.0. The summed E-state index contributed by atoms with van der Waals surface area (Å²) in [4.78, 5) is 14.9. The average molecular weight is 379 g/mol. The first-order valence-electron chi connectivity index (χ1n) is 9.50. The number of rotatable bonds is 6. The molecule has 6 heteroatoms. The van der Waals surface area contributed by atoms with Crippen LogP contribution in [0.5, 0.6) is 0 Å². The zero-order chi connectivity index (χ0) is 19.9. The molecule has 2 N–H and O–H groups in total. The van der Waals surface area contributed by atoms with Gasteiger partial charge < -0.3 is 15.2 Å². The second-order valence-electron chi connectivity index (χ2n) is 6.87. The van der Waals surface area contributed by atoms with E-state index in [-0.39, 0.29) is 18.6 Å². The molecule has 6 nitrogen and oxygen atoms in total. The number of aryl methyl sites for hydroxylation is 1. The van der Waals surface area contributed by atoms with Gasteiger partial charge in [0.1, 0.15) is 0 Å². The maximum absolute atomic E-state index is 12.8. The molecule has 1 saturated heterocycles. The Labute approximate surface area is 165 Å². The van der Waals surface area contributed by atoms with E-state index in [4.69, 9.17) is 10.00 Å². The van der Waals surface area contributed by atoms with Crippen molar-refractivity contribution in [3.8, 4) is 6.07 Å². The molecule has 0 radical (unpaired) electrons. The highest BCUT2D eigenvalue weighted by Crippen LogP contribution is 2.20. The molecule has 0 saturated carbocycles. The predicted molar refractivity (Wildman–Crippen MR) is 107 cm³/mol. The van der Waals surface area contributed by atoms with Crippen LogP contribution in [-0.2, 0) is 17.7 Å². The number of benzene rings is 2. The van der Waals surface area contributed by atoms with Crippen LogP contribution in [0.15, 0.2) is 42.5 Å². The monoisotopic (exact) mass is 379 g/mol. The molecule has 146 valence electrons. The molecule has 1 amide bonds. The summed E-state index contributed by atoms with van der Waals surface area (Å²) in [5, 5.41) is 21.5. The molecule has 0 bridgehead atoms. The van der Waals surface area contributed by atoms with E-state index >= 15 is 0 Å². The van der Waals surface area contributed by atoms with E-state index in [1.54, 1.807) is 24.3 Å². The van der Waals surface area contributed by atoms with Crippen molar-refractivity contribution in [2.75, 3.05) is 31.7 Å². The van der Waals surface area contributed by atoms with Crippen molar-refractivity contribution in [1.29, 1.82) is 5.26 Å². The van der Waals surface area contributed by atoms with Gasteiger partial charge in [0.2, 0.25) is 0 Å². The maximum Gasteiger partial charge on any atom is 0.255 e. The minimum absolute atomic E-state index is 0.0167. The highest BCUT2D eigenvalue weighted by Gasteiger charge is 2.22. The number of nitrogens with zero attached hydrogens (tertiary/aromatic N) is 2. The summed E-state index contributed by atoms with van der Waals surface area (Å²) in [5.41, 5.74) is 3.84. The van der Waals surface area contributed by atoms with E-state index in [0.717, 1.165) is 29.8 Å². The summed E-state index contributed by atoms with van der Waals surface area (Å²) in [7, 11) is 0. The lowest BCUT2D eigenvalue weighted by Gasteiger charge is -2.34. The largest absolute Gasteiger partial charge is 0.395 e. The second-order valence-corrected chi connectivity index (χ2v) is 6.87. The van der Waals surface area contributed by atoms with Gasteiger partial charge in [-0.3, -0.25) is 9.69 Å². The maximum atomic E-state index is 12.8. The Kier molecular flexibility index (Phi) is 6.77. The van der Waals surface area contributed by atoms with Crippen LogP contribution in [-0.4, -0.2) is 48.3 Å². The first-order valence-corrected chi connectivity index (χ1v) is 9.50. The Hall–Kier alpha value is -2.72. The summed E-state index contributed by atoms with van der Waals surface area (Å²) in [6.45, 7) is 4.63. The number of carbonyl (C=O) groups excluding carboxylic acids is 1. The minimum Gasteiger partial charge on any atom is -0.395 e. The zero-order valence-corrected chi connectivity index (χ0v) is 16.0. The van der Waals surface area contributed by atoms with Gasteiger partial charge in [-0.25, -0.2) is 0 Å². The second kappa shape index (κ2) is 9.47. The third-order valence-corrected chi connectivity index (χ3v) is 5.00. The fourth-order valence-electron chi connectivity index (χ4n) is 3.38. The number of aliphatic hydroxyl groups excluding tert-OH is 1. The fraction of sp³-hybridized carbons (Fsp3) is 0.364. The topological polar surface area (TPSA) is 85.6 Å². The average Bonchev–Trinajstić information content (AvgIpc) is 2.74. The molecular formula is C22H25N3O3. The van der Waals surface area contributed by atoms with Gasteiger partial charge in [0, 0.05) is 24.3 Å². The predicted octanol–water partition coefficient (Wildman–Crippen LogP) is 2.57. The Morgan fingerprint density at radius 1 is 1.36 bits per heavy atom. The molecule has 2 aromatic rings. The Morgan fingerprint density at radius 3 is 2.96 bits per heavy atom. The third-order valence-electron chi connectivity index (χ3n) is 5.00. The Morgan fingerprint density at radius 2 is 2.21 bits per heavy atom. The summed E-state index contributed by atoms with van der Waals surface area (Å²) in [6.07, 6.45) is 0.727. The number of nitrogens with one attached hydrogen (secondary N) is 1. The van der Waals surface area contributed by atoms with Crippen molar-refractivity contribution in [2.45, 2.75) is 25.9 Å². The number of anilines is 1. The van der Waals surface area contributed by atoms with Crippen LogP contribution in [0, 0.1) is 11.3 Å². The van der Waals surface area contributed by atoms with Crippen molar-refractivity contribution in [1.82, 2.24) is 4.90 Å². The number of amides is 1. The van der Waals surface area contributed by atoms with Crippen molar-refractivity contribution in [3.63, 3.8) is 0 Å². The van der Waals surface area contributed by atoms with E-state index in [2.05, 4.69) is 16.3 Å². The molecule has 3 rings (SSSR count). The number of carbonyl (C=O) groups is 1. The van der Waals surface area contributed by atoms with Gasteiger partial charge in [0.05, 0.1) is 37.5 Å². The van der Waals surface area contributed by atoms with Crippen molar-refractivity contribution in [3.05, 3.63) is 64.7 Å². The summed E-state index contributed by atoms with van der Waals surface area (Å²) in [6, 6.07) is 14.9. The normalized spacial score (nSPS) is 17.1. The van der Waals surface area contributed by atoms with Crippen LogP contribution in [0.4, 0.5) is 5.69 Å². The molecular weight excluding hydrogens is 354 g/mol. The molecule has 0 spiro atoms. The number of hydrogen-bond acceptors (Lipinski definition) is 5. The van der Waals surface area contributed by atoms with E-state index in [1.165, 1.54) is 0 Å². The summed E-state index contributed by atoms with van der Waals surface area (Å²) >= 11 is 0. The highest BCUT2D eigenvalue weighted by molar-refractivity contribution is 6.04. The quantitative estimate of drug-likeness (QED) is 0.806. The van der Waals surface area contributed by atoms with E-state index < -0.39 is 0 Å². The molecule has 2 aromatic carbocycles. The number of nitriles is 1. The van der Waals surface area contributed by atoms with Crippen molar-refractivity contribution >= 4 is 11.6 Å². The van der Waals surface area contributed by atoms with Crippen LogP contribution < -0.4 is 5.32 Å². The number of hydrogen-bond donors (Lipinski definition) is 2. The number of ether oxygens (including phenoxy) is 1. The lowest BCUT2D eigenvalue weighted by atomic mass is 10.1. The van der Waals surface area contributed by atoms with Crippen LogP contribution in [0.1, 0.15) is 34.0 Å². The number of aliphatic hydroxyl groups is 1. The fourth-order valence-corrected chi connectivity index (χ4v) is 3.38. The van der Waals surface area contributed by atoms with E-state index in [9.17, 15) is 9.90 Å². The molecule has 0 aromatic heterocycles. The van der Waals surface area contributed by atoms with Crippen molar-refractivity contribution in [2.24, 2.45) is 0 Å². The van der Waals surface area contributed by atoms with E-state index in [1.807, 2.05) is 25.1 Å². The van der Waals surface area contributed by atoms with Crippen LogP contribution in [0.3, 0.4) is 0 Å². The molecule has 1 atom stereocenters. The Balaban J connectivity index is 1.73. The first-order chi connectivity index (χ1) is 13.6. The van der Waals surface area contributed by atoms with Crippen LogP contribution in [0.25, 0.3) is 0 Å². The summed E-state index contributed by atoms with van der Waals surface area (Å²) < 4.78 is 5.42. The van der Waals surface area contributed by atoms with Gasteiger partial charge in [-0.05, 0) is 47.9 Å². The zero-order valence-electron chi connectivity index (χ0n) is 16.0. The van der Waals surface area contributed by atoms with E-state index in [0.29, 0.717) is 30.9 Å². The summed E-state index contributed by atoms with van der Waals surface area (Å²) in [5.74, 6) is -0.179. The standard InChI is InChI=1S/C22H25N3O3/c1-2-18-10-16(12-23)6-7-21(18)24-22(27)19-5-3-4-17(11-19)13-25-8-9-28-15-20(25)14-26/h3-7,10-11,20,26H,2,8-9,13-15H2,1H3,(H,24,27)/t20-/m0/s1. The van der Waals surface area contributed by atoms with Gasteiger partial charge in [-0.2, -0.15) is 5.26 Å². The number of morpholine rings is 1. The lowest BCUT2D eigenvalue weighted by Crippen LogP contribution is -2.46. The van der Waals surface area contributed by atoms with Gasteiger partial charge in [-0.1, -0.05) is 19.1 Å². The van der Waals surface area contributed by atoms with Crippen molar-refractivity contribution < 1.29 is 14.6 Å². The molecule has 0 unspecified atom stereocenters. The van der Waals surface area contributed by atoms with Gasteiger partial charge in [0.15, 0.2) is 0 Å². The van der Waals surface area contributed by atoms with Crippen LogP contribution in [0.2, 0.25) is 0 Å². The highest BCUT2D eigenvalue weighted by atomic mass is 16.5. The molecule has 1 heterocycles. The smallest absolute Gasteiger partial charge is 0.255 e. The van der Waals surface area contributed by atoms with Gasteiger partial charge in [0.25, 0.3) is 5.91 Å². The molecule has 0 aliphatic carbocycles. The molecule has 28 heavy (non-hydrogen) atoms. The van der Waals surface area contributed by atoms with Crippen LogP contribution >= 0.6 is 0 Å². The molecule has 1 aliphatic rings. The minimum atomic E-state index is -0.179. The Bertz CT molecular complexity index is 876. The third kappa shape index (κ3) is 4.76. The molecule has 1 fully saturated rings. The SMILES string of the molecule is CCc1cc(C#N)ccc1NC(=O)c1cccc(CN2CCOC[C@@H]2CO)c1.